The van der Waals surface area contributed by atoms with E-state index in [2.05, 4.69) is 40.3 Å². The number of hydrogen-bond donors (Lipinski definition) is 0. The highest BCUT2D eigenvalue weighted by Gasteiger charge is 2.69. The molecule has 7 rings (SSSR count). The van der Waals surface area contributed by atoms with Gasteiger partial charge in [0.1, 0.15) is 0 Å². The maximum atomic E-state index is 13.9. The van der Waals surface area contributed by atoms with Gasteiger partial charge in [-0.3, -0.25) is 0 Å². The second kappa shape index (κ2) is 7.46. The molecule has 4 heterocycles. The van der Waals surface area contributed by atoms with E-state index < -0.39 is 35.7 Å². The summed E-state index contributed by atoms with van der Waals surface area (Å²) < 4.78 is 18.0. The van der Waals surface area contributed by atoms with E-state index in [4.69, 9.17) is 9.31 Å². The maximum Gasteiger partial charge on any atom is 0.471 e. The van der Waals surface area contributed by atoms with Crippen molar-refractivity contribution in [2.45, 2.75) is 88.4 Å². The summed E-state index contributed by atoms with van der Waals surface area (Å²) in [5.74, 6) is 0.242. The standard InChI is InChI=1S/C27H34BN3O4/c1-18-21-16-17-22(31-24(33)29(23(32)30(21)31)20-14-10-7-11-15-20)27(18,19-12-8-6-9-13-19)28-34-25(2,3)26(4,5)35-28/h7,10-11,14-17,19,21-22H,1,6,8-9,12-13H2,2-5H3. The van der Waals surface area contributed by atoms with Gasteiger partial charge in [0.2, 0.25) is 0 Å². The molecule has 0 amide bonds. The van der Waals surface area contributed by atoms with Crippen LogP contribution in [0.5, 0.6) is 0 Å². The lowest BCUT2D eigenvalue weighted by atomic mass is 9.40. The van der Waals surface area contributed by atoms with Crippen LogP contribution in [0.25, 0.3) is 5.69 Å². The number of fused-ring (bicyclic) bond motifs is 1. The lowest BCUT2D eigenvalue weighted by molar-refractivity contribution is 0.00578. The number of rotatable bonds is 3. The van der Waals surface area contributed by atoms with Crippen LogP contribution in [0, 0.1) is 5.92 Å². The fraction of sp³-hybridized carbons (Fsp3) is 0.556. The van der Waals surface area contributed by atoms with Crippen LogP contribution >= 0.6 is 0 Å². The normalized spacial score (nSPS) is 31.2. The quantitative estimate of drug-likeness (QED) is 0.487. The minimum Gasteiger partial charge on any atom is -0.403 e. The highest BCUT2D eigenvalue weighted by molar-refractivity contribution is 6.51. The third-order valence-electron chi connectivity index (χ3n) is 9.35. The molecule has 0 radical (unpaired) electrons. The molecule has 8 heteroatoms. The molecule has 184 valence electrons. The van der Waals surface area contributed by atoms with Crippen LogP contribution in [-0.4, -0.2) is 32.3 Å². The molecule has 3 unspecified atom stereocenters. The summed E-state index contributed by atoms with van der Waals surface area (Å²) in [6.45, 7) is 12.9. The van der Waals surface area contributed by atoms with Crippen LogP contribution in [0.15, 0.2) is 64.2 Å². The second-order valence-electron chi connectivity index (χ2n) is 11.6. The number of para-hydroxylation sites is 1. The third kappa shape index (κ3) is 2.87. The topological polar surface area (TPSA) is 67.4 Å². The summed E-state index contributed by atoms with van der Waals surface area (Å²) in [7, 11) is -0.559. The van der Waals surface area contributed by atoms with Crippen molar-refractivity contribution >= 4 is 7.12 Å². The van der Waals surface area contributed by atoms with Crippen LogP contribution < -0.4 is 11.4 Å². The Balaban J connectivity index is 1.59. The maximum absolute atomic E-state index is 13.9. The molecule has 5 aliphatic rings. The van der Waals surface area contributed by atoms with Gasteiger partial charge in [0.05, 0.1) is 34.3 Å². The van der Waals surface area contributed by atoms with Gasteiger partial charge < -0.3 is 9.31 Å². The van der Waals surface area contributed by atoms with E-state index in [1.165, 1.54) is 11.0 Å². The molecule has 3 aliphatic heterocycles. The first-order valence-corrected chi connectivity index (χ1v) is 12.9. The van der Waals surface area contributed by atoms with Gasteiger partial charge in [-0.05, 0) is 64.2 Å². The van der Waals surface area contributed by atoms with Gasteiger partial charge in [0.25, 0.3) is 0 Å². The van der Waals surface area contributed by atoms with Gasteiger partial charge in [0, 0.05) is 0 Å². The van der Waals surface area contributed by atoms with Gasteiger partial charge in [-0.1, -0.05) is 56.2 Å². The first kappa shape index (κ1) is 22.9. The number of benzene rings is 1. The molecule has 2 aromatic rings. The van der Waals surface area contributed by atoms with E-state index in [9.17, 15) is 9.59 Å². The molecule has 0 spiro atoms. The lowest BCUT2D eigenvalue weighted by Crippen LogP contribution is -2.57. The first-order chi connectivity index (χ1) is 16.6. The van der Waals surface area contributed by atoms with Crippen molar-refractivity contribution in [3.8, 4) is 5.69 Å². The van der Waals surface area contributed by atoms with Crippen molar-refractivity contribution in [2.75, 3.05) is 0 Å². The molecule has 3 atom stereocenters. The zero-order valence-electron chi connectivity index (χ0n) is 21.1. The predicted molar refractivity (Wildman–Crippen MR) is 136 cm³/mol. The number of aromatic nitrogens is 3. The second-order valence-corrected chi connectivity index (χ2v) is 11.6. The minimum atomic E-state index is -0.635. The van der Waals surface area contributed by atoms with Gasteiger partial charge in [0.15, 0.2) is 0 Å². The van der Waals surface area contributed by atoms with E-state index in [0.717, 1.165) is 31.3 Å². The monoisotopic (exact) mass is 475 g/mol. The molecular formula is C27H34BN3O4. The summed E-state index contributed by atoms with van der Waals surface area (Å²) in [6.07, 6.45) is 9.64. The van der Waals surface area contributed by atoms with Crippen LogP contribution in [0.3, 0.4) is 0 Å². The number of nitrogens with zero attached hydrogens (tertiary/aromatic N) is 3. The molecule has 1 aromatic carbocycles. The van der Waals surface area contributed by atoms with Crippen molar-refractivity contribution in [3.05, 3.63) is 75.6 Å². The van der Waals surface area contributed by atoms with Crippen molar-refractivity contribution in [3.63, 3.8) is 0 Å². The average Bonchev–Trinajstić information content (AvgIpc) is 3.24. The molecule has 35 heavy (non-hydrogen) atoms. The zero-order valence-corrected chi connectivity index (χ0v) is 21.1. The minimum absolute atomic E-state index is 0.242. The Morgan fingerprint density at radius 2 is 1.49 bits per heavy atom. The molecule has 1 saturated heterocycles. The summed E-state index contributed by atoms with van der Waals surface area (Å²) >= 11 is 0. The molecule has 7 nitrogen and oxygen atoms in total. The van der Waals surface area contributed by atoms with E-state index in [1.54, 1.807) is 21.5 Å². The van der Waals surface area contributed by atoms with Crippen LogP contribution in [0.4, 0.5) is 0 Å². The van der Waals surface area contributed by atoms with Crippen LogP contribution in [0.2, 0.25) is 5.31 Å². The van der Waals surface area contributed by atoms with E-state index in [-0.39, 0.29) is 17.3 Å². The largest absolute Gasteiger partial charge is 0.471 e. The Kier molecular flexibility index (Phi) is 4.88. The van der Waals surface area contributed by atoms with Crippen LogP contribution in [0.1, 0.15) is 71.9 Å². The Labute approximate surface area is 206 Å². The SMILES string of the molecule is C=C1C2C=CC(n3c(=O)n(-c4ccccc4)c(=O)n32)C1(B1OC(C)(C)C(C)(C)O1)C1CCCCC1. The Hall–Kier alpha value is -2.58. The predicted octanol–water partition coefficient (Wildman–Crippen LogP) is 4.44. The Morgan fingerprint density at radius 3 is 2.11 bits per heavy atom. The summed E-state index contributed by atoms with van der Waals surface area (Å²) in [6, 6.07) is 8.30. The van der Waals surface area contributed by atoms with Gasteiger partial charge in [-0.2, -0.15) is 0 Å². The van der Waals surface area contributed by atoms with E-state index >= 15 is 0 Å². The first-order valence-electron chi connectivity index (χ1n) is 12.9. The molecule has 2 bridgehead atoms. The molecule has 0 N–H and O–H groups in total. The van der Waals surface area contributed by atoms with Crippen molar-refractivity contribution in [2.24, 2.45) is 5.92 Å². The van der Waals surface area contributed by atoms with E-state index in [1.807, 2.05) is 24.3 Å². The lowest BCUT2D eigenvalue weighted by Gasteiger charge is -2.55. The fourth-order valence-corrected chi connectivity index (χ4v) is 6.83. The Morgan fingerprint density at radius 1 is 0.886 bits per heavy atom. The van der Waals surface area contributed by atoms with Crippen molar-refractivity contribution in [1.82, 2.24) is 13.9 Å². The molecule has 1 aromatic heterocycles. The molecular weight excluding hydrogens is 441 g/mol. The van der Waals surface area contributed by atoms with Gasteiger partial charge >= 0.3 is 18.5 Å². The third-order valence-corrected chi connectivity index (χ3v) is 9.35. The van der Waals surface area contributed by atoms with Gasteiger partial charge in [-0.15, -0.1) is 0 Å². The summed E-state index contributed by atoms with van der Waals surface area (Å²) in [5.41, 5.74) is -0.206. The van der Waals surface area contributed by atoms with Crippen LogP contribution in [-0.2, 0) is 9.31 Å². The van der Waals surface area contributed by atoms with Gasteiger partial charge in [-0.25, -0.2) is 23.5 Å². The number of allylic oxidation sites excluding steroid dienone is 3. The Bertz CT molecular complexity index is 1310. The highest BCUT2D eigenvalue weighted by atomic mass is 16.7. The fourth-order valence-electron chi connectivity index (χ4n) is 6.83. The number of hydrogen-bond acceptors (Lipinski definition) is 4. The average molecular weight is 475 g/mol. The zero-order chi connectivity index (χ0) is 24.8. The molecule has 2 fully saturated rings. The smallest absolute Gasteiger partial charge is 0.403 e. The highest BCUT2D eigenvalue weighted by Crippen LogP contribution is 2.67. The van der Waals surface area contributed by atoms with Crippen molar-refractivity contribution < 1.29 is 9.31 Å². The summed E-state index contributed by atoms with van der Waals surface area (Å²) in [4.78, 5) is 27.6. The van der Waals surface area contributed by atoms with E-state index in [0.29, 0.717) is 5.69 Å². The summed E-state index contributed by atoms with van der Waals surface area (Å²) in [5, 5.41) is -0.635. The molecule has 2 aliphatic carbocycles. The van der Waals surface area contributed by atoms with Crippen molar-refractivity contribution in [1.29, 1.82) is 0 Å². The molecule has 1 saturated carbocycles.